The summed E-state index contributed by atoms with van der Waals surface area (Å²) in [6.45, 7) is 7.74. The molecule has 10 rings (SSSR count). The van der Waals surface area contributed by atoms with Crippen molar-refractivity contribution in [2.75, 3.05) is 37.7 Å². The van der Waals surface area contributed by atoms with E-state index < -0.39 is 227 Å². The van der Waals surface area contributed by atoms with E-state index in [9.17, 15) is 111 Å². The molecule has 6 saturated heterocycles. The van der Waals surface area contributed by atoms with Crippen LogP contribution in [0.3, 0.4) is 0 Å². The van der Waals surface area contributed by atoms with Crippen LogP contribution in [0.2, 0.25) is 0 Å². The number of aliphatic hydroxyl groups excluding tert-OH is 2. The van der Waals surface area contributed by atoms with Crippen LogP contribution >= 0.6 is 33.1 Å². The number of phosphoric ester groups is 1. The van der Waals surface area contributed by atoms with Gasteiger partial charge in [0.2, 0.25) is 35.4 Å². The van der Waals surface area contributed by atoms with Gasteiger partial charge in [0.15, 0.2) is 23.8 Å². The number of esters is 2. The normalized spacial score (nSPS) is 26.8. The van der Waals surface area contributed by atoms with Gasteiger partial charge in [-0.05, 0) is 54.4 Å². The molecule has 44 nitrogen and oxygen atoms in total. The van der Waals surface area contributed by atoms with E-state index in [0.29, 0.717) is 0 Å². The van der Waals surface area contributed by atoms with Crippen LogP contribution in [-0.2, 0) is 89.2 Å². The number of nitrogens with one attached hydrogen (secondary N) is 8. The van der Waals surface area contributed by atoms with Gasteiger partial charge in [0.25, 0.3) is 11.1 Å². The number of thiol groups is 2. The zero-order valence-corrected chi connectivity index (χ0v) is 61.0. The second-order valence-corrected chi connectivity index (χ2v) is 29.4. The summed E-state index contributed by atoms with van der Waals surface area (Å²) in [5.41, 5.74) is -7.64. The lowest BCUT2D eigenvalue weighted by molar-refractivity contribution is -0.209. The van der Waals surface area contributed by atoms with Crippen molar-refractivity contribution in [3.63, 3.8) is 0 Å². The molecule has 0 spiro atoms. The Kier molecular flexibility index (Phi) is 25.1. The predicted molar refractivity (Wildman–Crippen MR) is 363 cm³/mol. The maximum Gasteiger partial charge on any atom is 0.469 e. The first kappa shape index (κ1) is 83.6. The van der Waals surface area contributed by atoms with Crippen molar-refractivity contribution in [1.29, 1.82) is 0 Å². The van der Waals surface area contributed by atoms with E-state index in [2.05, 4.69) is 67.1 Å². The molecule has 0 radical (unpaired) electrons. The van der Waals surface area contributed by atoms with E-state index in [4.69, 9.17) is 34.0 Å². The van der Waals surface area contributed by atoms with Gasteiger partial charge < -0.3 is 69.9 Å². The number of aromatic amines is 2. The average Bonchev–Trinajstić information content (AvgIpc) is 1.07. The Labute approximate surface area is 619 Å². The van der Waals surface area contributed by atoms with E-state index in [1.54, 1.807) is 27.7 Å². The number of aliphatic hydroxyl groups is 2. The van der Waals surface area contributed by atoms with Crippen LogP contribution in [0.15, 0.2) is 31.6 Å². The number of carboxylic acid groups (broad SMARTS) is 2. The number of carbonyl (C=O) groups excluding carboxylic acids is 14. The fraction of sp³-hybridized carbons (Fsp3) is 0.607. The number of carbonyl (C=O) groups is 16. The second-order valence-electron chi connectivity index (χ2n) is 27.4. The number of carboxylic acids is 2. The third-order valence-electron chi connectivity index (χ3n) is 20.8. The lowest BCUT2D eigenvalue weighted by Gasteiger charge is -2.70. The molecule has 8 fully saturated rings. The van der Waals surface area contributed by atoms with Gasteiger partial charge in [-0.15, -0.1) is 0 Å². The summed E-state index contributed by atoms with van der Waals surface area (Å²) in [6, 6.07) is -8.37. The fourth-order valence-corrected chi connectivity index (χ4v) is 15.8. The van der Waals surface area contributed by atoms with Crippen LogP contribution in [0.1, 0.15) is 90.2 Å². The number of amides is 14. The molecule has 8 aliphatic rings. The maximum atomic E-state index is 12.9. The number of nitrogens with zero attached hydrogens (tertiary/aromatic N) is 6. The number of aromatic nitrogens is 4. The number of aryl methyl sites for hydroxylation is 2. The number of urea groups is 4. The molecular formula is C61H79N14O30PS2. The maximum absolute atomic E-state index is 12.9. The van der Waals surface area contributed by atoms with Gasteiger partial charge in [-0.3, -0.25) is 102 Å². The van der Waals surface area contributed by atoms with E-state index in [0.717, 1.165) is 9.13 Å². The fourth-order valence-electron chi connectivity index (χ4n) is 14.7. The molecule has 14 N–H and O–H groups in total. The lowest BCUT2D eigenvalue weighted by Crippen LogP contribution is -2.90. The molecule has 12 atom stereocenters. The number of Topliss-reactive ketones (excluding diaryl/α,β-unsaturated/α-hetero) is 2. The molecule has 47 heteroatoms. The van der Waals surface area contributed by atoms with Gasteiger partial charge in [-0.25, -0.2) is 42.9 Å². The number of H-pyrrole nitrogens is 2. The summed E-state index contributed by atoms with van der Waals surface area (Å²) < 4.78 is 29.1. The molecule has 2 aromatic rings. The zero-order valence-electron chi connectivity index (χ0n) is 58.3. The number of ether oxygens (including phenoxy) is 2. The predicted octanol–water partition coefficient (Wildman–Crippen LogP) is -6.28. The molecule has 14 amide bonds. The molecule has 590 valence electrons. The number of ketones is 2. The Hall–Kier alpha value is -9.99. The Morgan fingerprint density at radius 1 is 0.519 bits per heavy atom. The highest BCUT2D eigenvalue weighted by Gasteiger charge is 2.83. The van der Waals surface area contributed by atoms with Gasteiger partial charge in [0.05, 0.1) is 110 Å². The summed E-state index contributed by atoms with van der Waals surface area (Å²) in [4.78, 5) is 273. The van der Waals surface area contributed by atoms with Crippen molar-refractivity contribution in [1.82, 2.24) is 70.6 Å². The molecule has 12 unspecified atom stereocenters. The zero-order chi connectivity index (χ0) is 80.5. The number of imide groups is 4. The molecular weight excluding hydrogens is 1500 g/mol. The van der Waals surface area contributed by atoms with Crippen molar-refractivity contribution in [2.45, 2.75) is 173 Å². The van der Waals surface area contributed by atoms with Crippen molar-refractivity contribution in [3.8, 4) is 0 Å². The molecule has 8 heterocycles. The number of fused-ring (bicyclic) bond motifs is 2. The minimum Gasteiger partial charge on any atom is -0.479 e. The molecule has 0 bridgehead atoms. The minimum absolute atomic E-state index is 0.102. The monoisotopic (exact) mass is 1580 g/mol. The topological polar surface area (TPSA) is 634 Å². The molecule has 108 heavy (non-hydrogen) atoms. The number of rotatable bonds is 28. The van der Waals surface area contributed by atoms with Crippen LogP contribution < -0.4 is 54.4 Å². The van der Waals surface area contributed by atoms with E-state index in [-0.39, 0.29) is 100 Å². The second kappa shape index (κ2) is 32.4. The third kappa shape index (κ3) is 16.5. The highest BCUT2D eigenvalue weighted by atomic mass is 32.1. The molecule has 2 aliphatic carbocycles. The largest absolute Gasteiger partial charge is 0.479 e. The van der Waals surface area contributed by atoms with Gasteiger partial charge in [-0.2, -0.15) is 25.3 Å². The van der Waals surface area contributed by atoms with E-state index >= 15 is 0 Å². The molecule has 6 aliphatic heterocycles. The highest BCUT2D eigenvalue weighted by molar-refractivity contribution is 7.80. The first-order valence-electron chi connectivity index (χ1n) is 33.2. The average molecular weight is 1580 g/mol. The van der Waals surface area contributed by atoms with Crippen molar-refractivity contribution >= 4 is 128 Å². The van der Waals surface area contributed by atoms with Gasteiger partial charge in [0.1, 0.15) is 18.3 Å². The van der Waals surface area contributed by atoms with Crippen LogP contribution in [0.25, 0.3) is 0 Å². The van der Waals surface area contributed by atoms with E-state index in [1.165, 1.54) is 45.8 Å². The standard InChI is InChI=1S/2C24H31N5O11S.C13H17N4O8P/c1-23-16-17-24(23,2)20(37)27-22(39)29(17)8-10(7-28(16)21(38)26-19(23)36)40-15(33)6-4-12(30)11(9-41)25-14(32)5-3-13(31)18(34)35;1-12-7-28(23(38)26-20(12)34)9-14(10-29-8-13(2)21(35)27-24(29)39)40-19(33)6-4-16(30)15(11-41)25-18(32)5-3-17(31)22(36)37;1-12-6-7-13(12,2)9(19)15-11(21)17(7)4-5(25-26(22,23)24)3-16(6)10(20)14-8(12)18/h10-11,13,16-17,31,41H,3-9H2,1-2H3,(H,25,32)(H,34,35)(H,26,36,38)(H,27,37,39);7-8,14-15,17,31,41H,3-6,9-11H2,1-2H3,(H,25,32)(H,36,37)(H,26,34,38)(H,27,35,39);5-7H,3-4H2,1-2H3,(H,14,18,20)(H,15,19,21)(H2,22,23,24). The Balaban J connectivity index is 0.000000209. The number of hydrogen-bond donors (Lipinski definition) is 16. The van der Waals surface area contributed by atoms with Gasteiger partial charge >= 0.3 is 67.2 Å². The van der Waals surface area contributed by atoms with Crippen LogP contribution in [0.4, 0.5) is 19.2 Å². The quantitative estimate of drug-likeness (QED) is 0.0214. The summed E-state index contributed by atoms with van der Waals surface area (Å²) in [5.74, 6) is -9.88. The first-order chi connectivity index (χ1) is 50.3. The molecule has 2 saturated carbocycles. The summed E-state index contributed by atoms with van der Waals surface area (Å²) in [6.07, 6.45) is -7.29. The highest BCUT2D eigenvalue weighted by Crippen LogP contribution is 2.65. The van der Waals surface area contributed by atoms with Gasteiger partial charge in [-0.1, -0.05) is 0 Å². The molecule has 2 aromatic heterocycles. The van der Waals surface area contributed by atoms with Crippen molar-refractivity contribution < 1.29 is 125 Å². The minimum atomic E-state index is -4.89. The number of aliphatic carboxylic acids is 2. The Bertz CT molecular complexity index is 4230. The van der Waals surface area contributed by atoms with Crippen LogP contribution in [0, 0.1) is 35.5 Å². The Morgan fingerprint density at radius 3 is 1.14 bits per heavy atom. The number of hydrogen-bond acceptors (Lipinski definition) is 28. The van der Waals surface area contributed by atoms with Gasteiger partial charge in [0, 0.05) is 60.7 Å². The lowest BCUT2D eigenvalue weighted by atomic mass is 9.42. The number of phosphoric acid groups is 1. The van der Waals surface area contributed by atoms with Crippen LogP contribution in [0.5, 0.6) is 0 Å². The summed E-state index contributed by atoms with van der Waals surface area (Å²) in [5, 5.41) is 49.6. The van der Waals surface area contributed by atoms with E-state index in [1.807, 2.05) is 0 Å². The smallest absolute Gasteiger partial charge is 0.469 e. The Morgan fingerprint density at radius 2 is 0.833 bits per heavy atom. The SMILES string of the molecule is CC12C(=O)NC(=O)N3CC(OC(=O)CCC(=O)C(CS)NC(=O)CCC(O)C(=O)O)CN4C(=O)NC(=O)C1(C)C4C32.CC12C(=O)NC(=O)N3CC(OP(=O)(O)O)CN4C(=O)NC(=O)C1(C)C4C32.Cc1cn(CC(Cn2cc(C)c(=O)[nH]c2=O)OC(=O)CCC(=O)C(CS)NC(=O)CCC(O)C(=O)O)c(=O)[nH]c1=O. The third-order valence-corrected chi connectivity index (χ3v) is 22.1. The summed E-state index contributed by atoms with van der Waals surface area (Å²) in [7, 11) is -4.89. The first-order valence-corrected chi connectivity index (χ1v) is 36.0. The summed E-state index contributed by atoms with van der Waals surface area (Å²) >= 11 is 8.06. The van der Waals surface area contributed by atoms with Crippen molar-refractivity contribution in [2.24, 2.45) is 21.7 Å². The molecule has 0 aromatic carbocycles. The van der Waals surface area contributed by atoms with Crippen LogP contribution in [-0.4, -0.2) is 268 Å². The van der Waals surface area contributed by atoms with Crippen molar-refractivity contribution in [3.05, 3.63) is 65.2 Å².